The standard InChI is InChI=1S/C14H12ClN5O/c15-10-1-2-13-19-11(9-20(13)8-10)3-4-18-14(21)12-7-16-5-6-17-12/h1-2,5-9H,3-4H2,(H,18,21). The SMILES string of the molecule is O=C(NCCc1cn2cc(Cl)ccc2n1)c1cnccn1. The molecule has 0 unspecified atom stereocenters. The van der Waals surface area contributed by atoms with Crippen LogP contribution >= 0.6 is 11.6 Å². The second-order valence-corrected chi connectivity index (χ2v) is 4.88. The van der Waals surface area contributed by atoms with E-state index in [1.54, 1.807) is 12.3 Å². The fourth-order valence-corrected chi connectivity index (χ4v) is 2.12. The molecule has 0 bridgehead atoms. The fraction of sp³-hybridized carbons (Fsp3) is 0.143. The van der Waals surface area contributed by atoms with Crippen molar-refractivity contribution in [2.24, 2.45) is 0 Å². The summed E-state index contributed by atoms with van der Waals surface area (Å²) in [5.41, 5.74) is 2.02. The summed E-state index contributed by atoms with van der Waals surface area (Å²) in [6.07, 6.45) is 8.77. The van der Waals surface area contributed by atoms with E-state index in [1.165, 1.54) is 18.6 Å². The van der Waals surface area contributed by atoms with Gasteiger partial charge in [0.2, 0.25) is 0 Å². The lowest BCUT2D eigenvalue weighted by Gasteiger charge is -2.02. The van der Waals surface area contributed by atoms with Gasteiger partial charge in [-0.1, -0.05) is 11.6 Å². The lowest BCUT2D eigenvalue weighted by Crippen LogP contribution is -2.26. The van der Waals surface area contributed by atoms with Crippen LogP contribution in [-0.4, -0.2) is 31.8 Å². The van der Waals surface area contributed by atoms with Gasteiger partial charge in [0, 0.05) is 37.8 Å². The smallest absolute Gasteiger partial charge is 0.271 e. The lowest BCUT2D eigenvalue weighted by molar-refractivity contribution is 0.0948. The molecule has 3 aromatic rings. The predicted octanol–water partition coefficient (Wildman–Crippen LogP) is 1.75. The molecule has 0 fully saturated rings. The molecule has 7 heteroatoms. The third-order valence-corrected chi connectivity index (χ3v) is 3.15. The Morgan fingerprint density at radius 1 is 1.29 bits per heavy atom. The number of imidazole rings is 1. The van der Waals surface area contributed by atoms with Crippen molar-refractivity contribution in [3.8, 4) is 0 Å². The van der Waals surface area contributed by atoms with Gasteiger partial charge in [-0.05, 0) is 12.1 Å². The van der Waals surface area contributed by atoms with Crippen LogP contribution in [0.2, 0.25) is 5.02 Å². The van der Waals surface area contributed by atoms with Crippen molar-refractivity contribution in [1.82, 2.24) is 24.7 Å². The summed E-state index contributed by atoms with van der Waals surface area (Å²) in [7, 11) is 0. The second-order valence-electron chi connectivity index (χ2n) is 4.44. The van der Waals surface area contributed by atoms with Gasteiger partial charge in [0.05, 0.1) is 16.9 Å². The number of hydrogen-bond acceptors (Lipinski definition) is 4. The first kappa shape index (κ1) is 13.5. The zero-order valence-corrected chi connectivity index (χ0v) is 11.8. The largest absolute Gasteiger partial charge is 0.350 e. The average molecular weight is 302 g/mol. The third kappa shape index (κ3) is 3.17. The Kier molecular flexibility index (Phi) is 3.79. The quantitative estimate of drug-likeness (QED) is 0.797. The van der Waals surface area contributed by atoms with Crippen molar-refractivity contribution in [3.05, 3.63) is 59.5 Å². The van der Waals surface area contributed by atoms with Crippen LogP contribution in [0.3, 0.4) is 0 Å². The van der Waals surface area contributed by atoms with Crippen LogP contribution < -0.4 is 5.32 Å². The molecule has 3 aromatic heterocycles. The minimum absolute atomic E-state index is 0.241. The van der Waals surface area contributed by atoms with E-state index in [4.69, 9.17) is 11.6 Å². The molecule has 3 heterocycles. The van der Waals surface area contributed by atoms with Gasteiger partial charge in [-0.3, -0.25) is 9.78 Å². The highest BCUT2D eigenvalue weighted by atomic mass is 35.5. The van der Waals surface area contributed by atoms with Crippen molar-refractivity contribution in [3.63, 3.8) is 0 Å². The number of fused-ring (bicyclic) bond motifs is 1. The lowest BCUT2D eigenvalue weighted by atomic mass is 10.3. The number of nitrogens with one attached hydrogen (secondary N) is 1. The topological polar surface area (TPSA) is 72.2 Å². The highest BCUT2D eigenvalue weighted by Crippen LogP contribution is 2.11. The molecule has 0 saturated carbocycles. The molecule has 3 rings (SSSR count). The van der Waals surface area contributed by atoms with E-state index in [0.717, 1.165) is 11.3 Å². The Bertz CT molecular complexity index is 771. The van der Waals surface area contributed by atoms with Gasteiger partial charge in [0.25, 0.3) is 5.91 Å². The molecule has 1 N–H and O–H groups in total. The summed E-state index contributed by atoms with van der Waals surface area (Å²) in [6, 6.07) is 3.65. The number of halogens is 1. The van der Waals surface area contributed by atoms with Crippen molar-refractivity contribution < 1.29 is 4.79 Å². The van der Waals surface area contributed by atoms with Crippen LogP contribution in [0.1, 0.15) is 16.2 Å². The van der Waals surface area contributed by atoms with Gasteiger partial charge in [0.15, 0.2) is 0 Å². The molecule has 0 saturated heterocycles. The average Bonchev–Trinajstić information content (AvgIpc) is 2.89. The monoisotopic (exact) mass is 301 g/mol. The first-order chi connectivity index (χ1) is 10.2. The van der Waals surface area contributed by atoms with Crippen LogP contribution in [0.4, 0.5) is 0 Å². The molecule has 0 radical (unpaired) electrons. The van der Waals surface area contributed by atoms with Gasteiger partial charge in [0.1, 0.15) is 11.3 Å². The van der Waals surface area contributed by atoms with Crippen molar-refractivity contribution in [1.29, 1.82) is 0 Å². The Hall–Kier alpha value is -2.47. The molecule has 106 valence electrons. The molecule has 1 amide bonds. The van der Waals surface area contributed by atoms with Crippen LogP contribution in [0.5, 0.6) is 0 Å². The van der Waals surface area contributed by atoms with Crippen molar-refractivity contribution in [2.75, 3.05) is 6.54 Å². The number of carbonyl (C=O) groups excluding carboxylic acids is 1. The third-order valence-electron chi connectivity index (χ3n) is 2.93. The number of amides is 1. The maximum atomic E-state index is 11.8. The molecular weight excluding hydrogens is 290 g/mol. The van der Waals surface area contributed by atoms with E-state index in [9.17, 15) is 4.79 Å². The molecule has 0 spiro atoms. The Morgan fingerprint density at radius 3 is 3.00 bits per heavy atom. The van der Waals surface area contributed by atoms with Gasteiger partial charge < -0.3 is 9.72 Å². The maximum Gasteiger partial charge on any atom is 0.271 e. The first-order valence-corrected chi connectivity index (χ1v) is 6.77. The second kappa shape index (κ2) is 5.88. The van der Waals surface area contributed by atoms with E-state index in [0.29, 0.717) is 23.7 Å². The molecule has 0 atom stereocenters. The molecule has 21 heavy (non-hydrogen) atoms. The molecule has 6 nitrogen and oxygen atoms in total. The minimum atomic E-state index is -0.241. The molecule has 0 aliphatic carbocycles. The van der Waals surface area contributed by atoms with Crippen LogP contribution in [0, 0.1) is 0 Å². The summed E-state index contributed by atoms with van der Waals surface area (Å²) in [6.45, 7) is 0.479. The predicted molar refractivity (Wildman–Crippen MR) is 78.3 cm³/mol. The van der Waals surface area contributed by atoms with Crippen molar-refractivity contribution >= 4 is 23.2 Å². The van der Waals surface area contributed by atoms with Crippen LogP contribution in [0.25, 0.3) is 5.65 Å². The Balaban J connectivity index is 1.60. The van der Waals surface area contributed by atoms with Gasteiger partial charge in [-0.25, -0.2) is 9.97 Å². The van der Waals surface area contributed by atoms with E-state index < -0.39 is 0 Å². The van der Waals surface area contributed by atoms with E-state index in [1.807, 2.05) is 16.7 Å². The number of aromatic nitrogens is 4. The molecule has 0 aliphatic rings. The summed E-state index contributed by atoms with van der Waals surface area (Å²) in [4.78, 5) is 24.0. The number of hydrogen-bond donors (Lipinski definition) is 1. The molecular formula is C14H12ClN5O. The first-order valence-electron chi connectivity index (χ1n) is 6.40. The number of carbonyl (C=O) groups is 1. The highest BCUT2D eigenvalue weighted by Gasteiger charge is 2.07. The summed E-state index contributed by atoms with van der Waals surface area (Å²) in [5, 5.41) is 3.44. The number of rotatable bonds is 4. The highest BCUT2D eigenvalue weighted by molar-refractivity contribution is 6.30. The summed E-state index contributed by atoms with van der Waals surface area (Å²) >= 11 is 5.92. The Labute approximate surface area is 125 Å². The number of pyridine rings is 1. The van der Waals surface area contributed by atoms with E-state index in [2.05, 4.69) is 20.3 Å². The summed E-state index contributed by atoms with van der Waals surface area (Å²) < 4.78 is 1.86. The normalized spacial score (nSPS) is 10.7. The molecule has 0 aromatic carbocycles. The van der Waals surface area contributed by atoms with E-state index >= 15 is 0 Å². The Morgan fingerprint density at radius 2 is 2.19 bits per heavy atom. The zero-order valence-electron chi connectivity index (χ0n) is 11.0. The minimum Gasteiger partial charge on any atom is -0.350 e. The van der Waals surface area contributed by atoms with Crippen LogP contribution in [-0.2, 0) is 6.42 Å². The molecule has 0 aliphatic heterocycles. The van der Waals surface area contributed by atoms with Crippen LogP contribution in [0.15, 0.2) is 43.1 Å². The van der Waals surface area contributed by atoms with Gasteiger partial charge >= 0.3 is 0 Å². The number of nitrogens with zero attached hydrogens (tertiary/aromatic N) is 4. The fourth-order valence-electron chi connectivity index (χ4n) is 1.95. The summed E-state index contributed by atoms with van der Waals surface area (Å²) in [5.74, 6) is -0.241. The van der Waals surface area contributed by atoms with Gasteiger partial charge in [-0.2, -0.15) is 0 Å². The maximum absolute atomic E-state index is 11.8. The van der Waals surface area contributed by atoms with E-state index in [-0.39, 0.29) is 5.91 Å². The van der Waals surface area contributed by atoms with Gasteiger partial charge in [-0.15, -0.1) is 0 Å². The zero-order chi connectivity index (χ0) is 14.7. The van der Waals surface area contributed by atoms with Crippen molar-refractivity contribution in [2.45, 2.75) is 6.42 Å².